The third-order valence-electron chi connectivity index (χ3n) is 1.72. The van der Waals surface area contributed by atoms with Crippen molar-refractivity contribution in [1.82, 2.24) is 5.32 Å². The molecule has 15 heavy (non-hydrogen) atoms. The van der Waals surface area contributed by atoms with Crippen molar-refractivity contribution in [2.45, 2.75) is 19.8 Å². The van der Waals surface area contributed by atoms with Gasteiger partial charge in [0, 0.05) is 7.05 Å². The van der Waals surface area contributed by atoms with Crippen LogP contribution >= 0.6 is 0 Å². The molecule has 0 fully saturated rings. The highest BCUT2D eigenvalue weighted by Crippen LogP contribution is 2.16. The Morgan fingerprint density at radius 1 is 1.40 bits per heavy atom. The molecule has 1 amide bonds. The van der Waals surface area contributed by atoms with Crippen LogP contribution in [0.25, 0.3) is 0 Å². The molecule has 0 aliphatic carbocycles. The number of phenols is 1. The van der Waals surface area contributed by atoms with Gasteiger partial charge in [-0.2, -0.15) is 0 Å². The number of hydrogen-bond donors (Lipinski definition) is 3. The molecule has 0 unspecified atom stereocenters. The lowest BCUT2D eigenvalue weighted by Crippen LogP contribution is -2.13. The van der Waals surface area contributed by atoms with Crippen molar-refractivity contribution in [2.75, 3.05) is 7.05 Å². The van der Waals surface area contributed by atoms with E-state index < -0.39 is 6.09 Å². The number of hydrogen-bond acceptors (Lipinski definition) is 2. The first-order valence-electron chi connectivity index (χ1n) is 4.79. The first-order chi connectivity index (χ1) is 7.11. The first-order valence-corrected chi connectivity index (χ1v) is 4.79. The second-order valence-electron chi connectivity index (χ2n) is 2.93. The van der Waals surface area contributed by atoms with Crippen molar-refractivity contribution >= 4 is 6.09 Å². The largest absolute Gasteiger partial charge is 0.508 e. The smallest absolute Gasteiger partial charge is 0.404 e. The van der Waals surface area contributed by atoms with Crippen LogP contribution in [0.1, 0.15) is 18.9 Å². The van der Waals surface area contributed by atoms with Crippen LogP contribution < -0.4 is 5.32 Å². The third kappa shape index (κ3) is 6.37. The molecule has 1 aromatic rings. The molecule has 4 heteroatoms. The van der Waals surface area contributed by atoms with Gasteiger partial charge in [0.15, 0.2) is 0 Å². The lowest BCUT2D eigenvalue weighted by molar-refractivity contribution is 0.197. The molecule has 0 saturated carbocycles. The first kappa shape index (κ1) is 13.3. The van der Waals surface area contributed by atoms with Gasteiger partial charge >= 0.3 is 6.09 Å². The van der Waals surface area contributed by atoms with Crippen LogP contribution in [0.5, 0.6) is 5.75 Å². The number of amides is 1. The molecule has 0 aliphatic heterocycles. The quantitative estimate of drug-likeness (QED) is 0.702. The van der Waals surface area contributed by atoms with Gasteiger partial charge in [0.2, 0.25) is 0 Å². The molecule has 1 rings (SSSR count). The molecule has 84 valence electrons. The summed E-state index contributed by atoms with van der Waals surface area (Å²) in [6, 6.07) is 7.48. The number of carbonyl (C=O) groups is 1. The van der Waals surface area contributed by atoms with Crippen molar-refractivity contribution in [1.29, 1.82) is 0 Å². The summed E-state index contributed by atoms with van der Waals surface area (Å²) in [5.41, 5.74) is 1.05. The van der Waals surface area contributed by atoms with Gasteiger partial charge < -0.3 is 15.5 Å². The van der Waals surface area contributed by atoms with E-state index in [1.165, 1.54) is 7.05 Å². The molecule has 0 heterocycles. The van der Waals surface area contributed by atoms with E-state index in [1.807, 2.05) is 23.5 Å². The predicted molar refractivity (Wildman–Crippen MR) is 59.2 cm³/mol. The molecule has 3 N–H and O–H groups in total. The van der Waals surface area contributed by atoms with Crippen molar-refractivity contribution in [3.63, 3.8) is 0 Å². The molecule has 0 aliphatic rings. The van der Waals surface area contributed by atoms with Crippen LogP contribution in [-0.4, -0.2) is 23.4 Å². The molecule has 1 aromatic carbocycles. The summed E-state index contributed by atoms with van der Waals surface area (Å²) in [6.45, 7) is 2.10. The number of nitrogens with one attached hydrogen (secondary N) is 1. The fraction of sp³-hybridized carbons (Fsp3) is 0.364. The molecule has 0 spiro atoms. The maximum atomic E-state index is 9.26. The van der Waals surface area contributed by atoms with E-state index in [1.54, 1.807) is 6.07 Å². The van der Waals surface area contributed by atoms with E-state index in [2.05, 4.69) is 6.92 Å². The lowest BCUT2D eigenvalue weighted by Gasteiger charge is -1.99. The number of aryl methyl sites for hydroxylation is 1. The van der Waals surface area contributed by atoms with Crippen molar-refractivity contribution in [3.8, 4) is 5.75 Å². The number of carboxylic acid groups (broad SMARTS) is 1. The van der Waals surface area contributed by atoms with E-state index >= 15 is 0 Å². The molecule has 0 atom stereocenters. The fourth-order valence-corrected chi connectivity index (χ4v) is 0.992. The van der Waals surface area contributed by atoms with E-state index in [0.717, 1.165) is 18.4 Å². The maximum Gasteiger partial charge on any atom is 0.404 e. The number of rotatable bonds is 2. The summed E-state index contributed by atoms with van der Waals surface area (Å²) < 4.78 is 0. The summed E-state index contributed by atoms with van der Waals surface area (Å²) in [4.78, 5) is 9.26. The Labute approximate surface area is 89.6 Å². The summed E-state index contributed by atoms with van der Waals surface area (Å²) in [7, 11) is 1.35. The van der Waals surface area contributed by atoms with Crippen molar-refractivity contribution in [3.05, 3.63) is 29.8 Å². The number of benzene rings is 1. The van der Waals surface area contributed by atoms with Crippen LogP contribution in [0.4, 0.5) is 4.79 Å². The van der Waals surface area contributed by atoms with E-state index in [0.29, 0.717) is 5.75 Å². The highest BCUT2D eigenvalue weighted by atomic mass is 16.4. The second-order valence-corrected chi connectivity index (χ2v) is 2.93. The van der Waals surface area contributed by atoms with E-state index in [9.17, 15) is 9.90 Å². The molecule has 0 radical (unpaired) electrons. The van der Waals surface area contributed by atoms with Crippen molar-refractivity contribution in [2.24, 2.45) is 0 Å². The Hall–Kier alpha value is -1.71. The third-order valence-corrected chi connectivity index (χ3v) is 1.72. The van der Waals surface area contributed by atoms with Gasteiger partial charge in [0.25, 0.3) is 0 Å². The SMILES string of the molecule is CCCc1ccccc1O.CNC(=O)O. The Morgan fingerprint density at radius 3 is 2.33 bits per heavy atom. The Bertz CT molecular complexity index is 300. The number of para-hydroxylation sites is 1. The average molecular weight is 211 g/mol. The molecule has 0 aromatic heterocycles. The number of aromatic hydroxyl groups is 1. The van der Waals surface area contributed by atoms with Crippen LogP contribution in [0.15, 0.2) is 24.3 Å². The molecule has 4 nitrogen and oxygen atoms in total. The van der Waals surface area contributed by atoms with Gasteiger partial charge in [-0.1, -0.05) is 31.5 Å². The summed E-state index contributed by atoms with van der Waals surface area (Å²) >= 11 is 0. The highest BCUT2D eigenvalue weighted by molar-refractivity contribution is 5.63. The normalized spacial score (nSPS) is 8.67. The molecule has 0 saturated heterocycles. The van der Waals surface area contributed by atoms with Gasteiger partial charge in [0.1, 0.15) is 5.75 Å². The zero-order valence-corrected chi connectivity index (χ0v) is 9.03. The average Bonchev–Trinajstić information content (AvgIpc) is 2.23. The Kier molecular flexibility index (Phi) is 6.80. The standard InChI is InChI=1S/C9H12O.C2H5NO2/c1-2-5-8-6-3-4-7-9(8)10;1-3-2(4)5/h3-4,6-7,10H,2,5H2,1H3;3H,1H3,(H,4,5). The van der Waals surface area contributed by atoms with E-state index in [-0.39, 0.29) is 0 Å². The summed E-state index contributed by atoms with van der Waals surface area (Å²) in [6.07, 6.45) is 1.05. The summed E-state index contributed by atoms with van der Waals surface area (Å²) in [5.74, 6) is 0.421. The van der Waals surface area contributed by atoms with Gasteiger partial charge in [-0.05, 0) is 18.1 Å². The lowest BCUT2D eigenvalue weighted by atomic mass is 10.1. The van der Waals surface area contributed by atoms with Gasteiger partial charge in [-0.15, -0.1) is 0 Å². The Morgan fingerprint density at radius 2 is 1.93 bits per heavy atom. The monoisotopic (exact) mass is 211 g/mol. The Balaban J connectivity index is 0.000000336. The van der Waals surface area contributed by atoms with Gasteiger partial charge in [-0.25, -0.2) is 4.79 Å². The minimum atomic E-state index is -0.995. The minimum absolute atomic E-state index is 0.421. The molecule has 0 bridgehead atoms. The molecular weight excluding hydrogens is 194 g/mol. The van der Waals surface area contributed by atoms with Crippen LogP contribution in [0.2, 0.25) is 0 Å². The molecular formula is C11H17NO3. The van der Waals surface area contributed by atoms with E-state index in [4.69, 9.17) is 5.11 Å². The number of phenolic OH excluding ortho intramolecular Hbond substituents is 1. The zero-order chi connectivity index (χ0) is 11.7. The minimum Gasteiger partial charge on any atom is -0.508 e. The van der Waals surface area contributed by atoms with Gasteiger partial charge in [-0.3, -0.25) is 0 Å². The van der Waals surface area contributed by atoms with Crippen LogP contribution in [0, 0.1) is 0 Å². The predicted octanol–water partition coefficient (Wildman–Crippen LogP) is 2.23. The van der Waals surface area contributed by atoms with Crippen LogP contribution in [0.3, 0.4) is 0 Å². The maximum absolute atomic E-state index is 9.26. The zero-order valence-electron chi connectivity index (χ0n) is 9.03. The fourth-order valence-electron chi connectivity index (χ4n) is 0.992. The second kappa shape index (κ2) is 7.67. The van der Waals surface area contributed by atoms with Crippen LogP contribution in [-0.2, 0) is 6.42 Å². The highest BCUT2D eigenvalue weighted by Gasteiger charge is 1.95. The summed E-state index contributed by atoms with van der Waals surface area (Å²) in [5, 5.41) is 18.8. The topological polar surface area (TPSA) is 69.6 Å². The van der Waals surface area contributed by atoms with Gasteiger partial charge in [0.05, 0.1) is 0 Å². The van der Waals surface area contributed by atoms with Crippen molar-refractivity contribution < 1.29 is 15.0 Å².